The number of benzene rings is 2. The maximum Gasteiger partial charge on any atom is 0.416 e. The summed E-state index contributed by atoms with van der Waals surface area (Å²) in [5.41, 5.74) is 1.88. The highest BCUT2D eigenvalue weighted by molar-refractivity contribution is 7.92. The molecule has 0 aliphatic heterocycles. The van der Waals surface area contributed by atoms with Crippen LogP contribution in [-0.4, -0.2) is 46.4 Å². The molecule has 0 saturated carbocycles. The number of alkyl halides is 3. The molecule has 4 rings (SSSR count). The number of carbonyl (C=O) groups is 1. The molecule has 0 aliphatic carbocycles. The van der Waals surface area contributed by atoms with E-state index < -0.39 is 38.5 Å². The lowest BCUT2D eigenvalue weighted by molar-refractivity contribution is -0.137. The minimum Gasteiger partial charge on any atom is -0.457 e. The van der Waals surface area contributed by atoms with Crippen molar-refractivity contribution >= 4 is 38.3 Å². The van der Waals surface area contributed by atoms with Crippen LogP contribution in [0.15, 0.2) is 61.1 Å². The largest absolute Gasteiger partial charge is 0.457 e. The van der Waals surface area contributed by atoms with Crippen LogP contribution in [0, 0.1) is 6.92 Å². The molecule has 0 fully saturated rings. The van der Waals surface area contributed by atoms with Crippen molar-refractivity contribution in [2.75, 3.05) is 17.6 Å². The number of aromatic nitrogens is 3. The molecule has 40 heavy (non-hydrogen) atoms. The SMILES string of the molecule is Cc1cc(Nc2ncnc3ccn(CCNC(=O)CS(=O)(=O)C(C)C)c23)ccc1Oc1cccc(C(F)(F)F)c1. The summed E-state index contributed by atoms with van der Waals surface area (Å²) < 4.78 is 70.6. The summed E-state index contributed by atoms with van der Waals surface area (Å²) in [6.45, 7) is 5.38. The van der Waals surface area contributed by atoms with Crippen LogP contribution in [0.4, 0.5) is 24.7 Å². The van der Waals surface area contributed by atoms with Gasteiger partial charge in [-0.15, -0.1) is 0 Å². The second kappa shape index (κ2) is 11.5. The molecular weight excluding hydrogens is 547 g/mol. The molecule has 2 N–H and O–H groups in total. The van der Waals surface area contributed by atoms with Gasteiger partial charge in [0.1, 0.15) is 29.1 Å². The van der Waals surface area contributed by atoms with Crippen LogP contribution in [0.2, 0.25) is 0 Å². The average Bonchev–Trinajstić information content (AvgIpc) is 3.29. The molecule has 0 atom stereocenters. The molecule has 0 radical (unpaired) electrons. The zero-order chi connectivity index (χ0) is 29.1. The standard InChI is InChI=1S/C27H28F3N5O4S/c1-17(2)40(37,38)15-24(36)31-10-12-35-11-9-22-25(35)26(33-16-32-22)34-20-7-8-23(18(3)13-20)39-21-6-4-5-19(14-21)27(28,29)30/h4-9,11,13-14,16-17H,10,12,15H2,1-3H3,(H,31,36)(H,32,33,34). The summed E-state index contributed by atoms with van der Waals surface area (Å²) in [4.78, 5) is 20.7. The molecule has 1 amide bonds. The fourth-order valence-corrected chi connectivity index (χ4v) is 4.67. The Morgan fingerprint density at radius 3 is 2.58 bits per heavy atom. The predicted octanol–water partition coefficient (Wildman–Crippen LogP) is 5.23. The summed E-state index contributed by atoms with van der Waals surface area (Å²) >= 11 is 0. The maximum atomic E-state index is 13.0. The zero-order valence-corrected chi connectivity index (χ0v) is 22.8. The highest BCUT2D eigenvalue weighted by Crippen LogP contribution is 2.34. The molecule has 13 heteroatoms. The number of halogens is 3. The third kappa shape index (κ3) is 6.89. The second-order valence-electron chi connectivity index (χ2n) is 9.40. The van der Waals surface area contributed by atoms with Crippen LogP contribution >= 0.6 is 0 Å². The van der Waals surface area contributed by atoms with Gasteiger partial charge >= 0.3 is 6.18 Å². The van der Waals surface area contributed by atoms with Crippen LogP contribution in [0.1, 0.15) is 25.0 Å². The number of anilines is 2. The number of ether oxygens (including phenoxy) is 1. The molecule has 2 aromatic heterocycles. The Kier molecular flexibility index (Phi) is 8.33. The summed E-state index contributed by atoms with van der Waals surface area (Å²) in [7, 11) is -3.49. The number of rotatable bonds is 10. The molecule has 0 saturated heterocycles. The summed E-state index contributed by atoms with van der Waals surface area (Å²) in [6.07, 6.45) is -1.27. The van der Waals surface area contributed by atoms with E-state index in [4.69, 9.17) is 4.74 Å². The first kappa shape index (κ1) is 28.9. The molecule has 2 aromatic carbocycles. The van der Waals surface area contributed by atoms with Gasteiger partial charge in [0.2, 0.25) is 5.91 Å². The lowest BCUT2D eigenvalue weighted by Gasteiger charge is -2.14. The van der Waals surface area contributed by atoms with E-state index in [1.807, 2.05) is 4.57 Å². The number of amides is 1. The first-order chi connectivity index (χ1) is 18.8. The van der Waals surface area contributed by atoms with Gasteiger partial charge in [0.05, 0.1) is 16.3 Å². The minimum absolute atomic E-state index is 0.0721. The predicted molar refractivity (Wildman–Crippen MR) is 145 cm³/mol. The number of hydrogen-bond acceptors (Lipinski definition) is 7. The van der Waals surface area contributed by atoms with Crippen molar-refractivity contribution in [1.82, 2.24) is 19.9 Å². The normalized spacial score (nSPS) is 12.1. The molecule has 0 spiro atoms. The van der Waals surface area contributed by atoms with Crippen LogP contribution < -0.4 is 15.4 Å². The van der Waals surface area contributed by atoms with Crippen LogP contribution in [0.5, 0.6) is 11.5 Å². The van der Waals surface area contributed by atoms with Gasteiger partial charge in [0.25, 0.3) is 0 Å². The van der Waals surface area contributed by atoms with Crippen LogP contribution in [-0.2, 0) is 27.4 Å². The number of sulfone groups is 1. The summed E-state index contributed by atoms with van der Waals surface area (Å²) in [6, 6.07) is 11.6. The average molecular weight is 576 g/mol. The Hall–Kier alpha value is -4.13. The number of carbonyl (C=O) groups excluding carboxylic acids is 1. The van der Waals surface area contributed by atoms with E-state index in [0.717, 1.165) is 12.1 Å². The first-order valence-electron chi connectivity index (χ1n) is 12.3. The van der Waals surface area contributed by atoms with E-state index in [1.165, 1.54) is 32.3 Å². The van der Waals surface area contributed by atoms with E-state index in [1.54, 1.807) is 37.4 Å². The number of fused-ring (bicyclic) bond motifs is 1. The van der Waals surface area contributed by atoms with Gasteiger partial charge in [-0.25, -0.2) is 18.4 Å². The number of aryl methyl sites for hydroxylation is 1. The molecular formula is C27H28F3N5O4S. The molecule has 9 nitrogen and oxygen atoms in total. The lowest BCUT2D eigenvalue weighted by atomic mass is 10.2. The lowest BCUT2D eigenvalue weighted by Crippen LogP contribution is -2.34. The minimum atomic E-state index is -4.47. The smallest absolute Gasteiger partial charge is 0.416 e. The van der Waals surface area contributed by atoms with Crippen molar-refractivity contribution in [2.24, 2.45) is 0 Å². The van der Waals surface area contributed by atoms with Gasteiger partial charge in [0, 0.05) is 25.0 Å². The second-order valence-corrected chi connectivity index (χ2v) is 12.0. The molecule has 0 unspecified atom stereocenters. The molecule has 0 bridgehead atoms. The van der Waals surface area contributed by atoms with Gasteiger partial charge in [-0.05, 0) is 68.8 Å². The van der Waals surface area contributed by atoms with Gasteiger partial charge in [-0.1, -0.05) is 6.07 Å². The fraction of sp³-hybridized carbons (Fsp3) is 0.296. The molecule has 0 aliphatic rings. The first-order valence-corrected chi connectivity index (χ1v) is 14.1. The summed E-state index contributed by atoms with van der Waals surface area (Å²) in [5, 5.41) is 5.23. The zero-order valence-electron chi connectivity index (χ0n) is 22.0. The third-order valence-electron chi connectivity index (χ3n) is 6.10. The Balaban J connectivity index is 1.46. The maximum absolute atomic E-state index is 13.0. The highest BCUT2D eigenvalue weighted by Gasteiger charge is 2.30. The van der Waals surface area contributed by atoms with Crippen molar-refractivity contribution in [3.8, 4) is 11.5 Å². The fourth-order valence-electron chi connectivity index (χ4n) is 3.87. The Bertz CT molecular complexity index is 1630. The van der Waals surface area contributed by atoms with E-state index in [-0.39, 0.29) is 12.3 Å². The van der Waals surface area contributed by atoms with E-state index in [9.17, 15) is 26.4 Å². The van der Waals surface area contributed by atoms with Crippen molar-refractivity contribution in [2.45, 2.75) is 38.7 Å². The quantitative estimate of drug-likeness (QED) is 0.266. The van der Waals surface area contributed by atoms with Crippen molar-refractivity contribution in [3.63, 3.8) is 0 Å². The summed E-state index contributed by atoms with van der Waals surface area (Å²) in [5.74, 6) is -0.170. The van der Waals surface area contributed by atoms with Crippen molar-refractivity contribution in [3.05, 3.63) is 72.2 Å². The number of nitrogens with one attached hydrogen (secondary N) is 2. The van der Waals surface area contributed by atoms with Gasteiger partial charge in [-0.3, -0.25) is 4.79 Å². The molecule has 212 valence electrons. The van der Waals surface area contributed by atoms with E-state index in [0.29, 0.717) is 40.4 Å². The number of hydrogen-bond donors (Lipinski definition) is 2. The highest BCUT2D eigenvalue weighted by atomic mass is 32.2. The third-order valence-corrected chi connectivity index (χ3v) is 8.20. The van der Waals surface area contributed by atoms with E-state index in [2.05, 4.69) is 20.6 Å². The van der Waals surface area contributed by atoms with Gasteiger partial charge in [-0.2, -0.15) is 13.2 Å². The molecule has 4 aromatic rings. The van der Waals surface area contributed by atoms with Crippen LogP contribution in [0.3, 0.4) is 0 Å². The van der Waals surface area contributed by atoms with E-state index >= 15 is 0 Å². The number of nitrogens with zero attached hydrogens (tertiary/aromatic N) is 3. The van der Waals surface area contributed by atoms with Crippen LogP contribution in [0.25, 0.3) is 11.0 Å². The van der Waals surface area contributed by atoms with Gasteiger partial charge < -0.3 is 19.9 Å². The Morgan fingerprint density at radius 1 is 1.10 bits per heavy atom. The Morgan fingerprint density at radius 2 is 1.88 bits per heavy atom. The monoisotopic (exact) mass is 575 g/mol. The topological polar surface area (TPSA) is 115 Å². The Labute approximate surface area is 229 Å². The van der Waals surface area contributed by atoms with Crippen molar-refractivity contribution < 1.29 is 31.1 Å². The van der Waals surface area contributed by atoms with Gasteiger partial charge in [0.15, 0.2) is 15.7 Å². The molecule has 2 heterocycles. The van der Waals surface area contributed by atoms with Crippen molar-refractivity contribution in [1.29, 1.82) is 0 Å².